The van der Waals surface area contributed by atoms with Crippen molar-refractivity contribution in [3.63, 3.8) is 0 Å². The Morgan fingerprint density at radius 2 is 2.12 bits per heavy atom. The van der Waals surface area contributed by atoms with Crippen molar-refractivity contribution < 1.29 is 12.8 Å². The number of hydrogen-bond acceptors (Lipinski definition) is 3. The van der Waals surface area contributed by atoms with Crippen LogP contribution < -0.4 is 5.73 Å². The molecule has 1 aromatic carbocycles. The maximum atomic E-state index is 13.0. The molecule has 0 spiro atoms. The Morgan fingerprint density at radius 3 is 2.69 bits per heavy atom. The molecule has 16 heavy (non-hydrogen) atoms. The summed E-state index contributed by atoms with van der Waals surface area (Å²) in [6.45, 7) is 1.60. The second-order valence-electron chi connectivity index (χ2n) is 4.07. The monoisotopic (exact) mass is 243 g/mol. The van der Waals surface area contributed by atoms with Gasteiger partial charge in [0.2, 0.25) is 0 Å². The first kappa shape index (κ1) is 11.5. The first-order valence-electron chi connectivity index (χ1n) is 5.20. The van der Waals surface area contributed by atoms with Crippen LogP contribution in [-0.2, 0) is 9.84 Å². The maximum Gasteiger partial charge on any atom is 0.155 e. The van der Waals surface area contributed by atoms with Gasteiger partial charge in [-0.05, 0) is 17.7 Å². The zero-order valence-corrected chi connectivity index (χ0v) is 9.75. The van der Waals surface area contributed by atoms with Crippen LogP contribution in [0.1, 0.15) is 18.4 Å². The average Bonchev–Trinajstić information content (AvgIpc) is 2.91. The molecule has 1 aliphatic rings. The van der Waals surface area contributed by atoms with E-state index < -0.39 is 21.1 Å². The number of sulfone groups is 1. The lowest BCUT2D eigenvalue weighted by Gasteiger charge is -2.00. The highest BCUT2D eigenvalue weighted by Gasteiger charge is 2.55. The fourth-order valence-corrected chi connectivity index (χ4v) is 3.81. The molecule has 0 saturated heterocycles. The van der Waals surface area contributed by atoms with Gasteiger partial charge in [-0.25, -0.2) is 12.8 Å². The van der Waals surface area contributed by atoms with Gasteiger partial charge in [-0.1, -0.05) is 19.1 Å². The van der Waals surface area contributed by atoms with E-state index in [0.717, 1.165) is 0 Å². The van der Waals surface area contributed by atoms with Crippen LogP contribution in [0.15, 0.2) is 24.3 Å². The van der Waals surface area contributed by atoms with Gasteiger partial charge in [0.15, 0.2) is 9.84 Å². The molecule has 1 aromatic rings. The van der Waals surface area contributed by atoms with Gasteiger partial charge in [0, 0.05) is 17.7 Å². The molecule has 0 radical (unpaired) electrons. The van der Waals surface area contributed by atoms with E-state index in [-0.39, 0.29) is 17.5 Å². The molecular formula is C11H14FNO2S. The molecule has 0 aromatic heterocycles. The summed E-state index contributed by atoms with van der Waals surface area (Å²) in [5, 5.41) is -0.542. The first-order valence-corrected chi connectivity index (χ1v) is 6.91. The Hall–Kier alpha value is -0.940. The van der Waals surface area contributed by atoms with Gasteiger partial charge in [-0.2, -0.15) is 0 Å². The Morgan fingerprint density at radius 1 is 1.44 bits per heavy atom. The molecule has 2 rings (SSSR count). The maximum absolute atomic E-state index is 13.0. The third-order valence-electron chi connectivity index (χ3n) is 3.06. The predicted octanol–water partition coefficient (Wildman–Crippen LogP) is 1.05. The molecule has 1 fully saturated rings. The van der Waals surface area contributed by atoms with Crippen LogP contribution in [0.25, 0.3) is 0 Å². The predicted molar refractivity (Wildman–Crippen MR) is 60.4 cm³/mol. The molecule has 1 aliphatic carbocycles. The quantitative estimate of drug-likeness (QED) is 0.863. The summed E-state index contributed by atoms with van der Waals surface area (Å²) in [7, 11) is -3.13. The normalized spacial score (nSPS) is 29.1. The Labute approximate surface area is 94.4 Å². The van der Waals surface area contributed by atoms with Crippen LogP contribution in [0, 0.1) is 5.82 Å². The summed E-state index contributed by atoms with van der Waals surface area (Å²) in [5.74, 6) is -0.526. The van der Waals surface area contributed by atoms with E-state index in [0.29, 0.717) is 5.56 Å². The highest BCUT2D eigenvalue weighted by Crippen LogP contribution is 2.45. The van der Waals surface area contributed by atoms with Crippen molar-refractivity contribution in [1.29, 1.82) is 0 Å². The smallest absolute Gasteiger partial charge is 0.155 e. The highest BCUT2D eigenvalue weighted by atomic mass is 32.2. The molecule has 1 saturated carbocycles. The fourth-order valence-electron chi connectivity index (χ4n) is 2.09. The summed E-state index contributed by atoms with van der Waals surface area (Å²) in [4.78, 5) is 0. The van der Waals surface area contributed by atoms with Crippen molar-refractivity contribution in [2.45, 2.75) is 24.1 Å². The molecule has 3 atom stereocenters. The molecule has 3 nitrogen and oxygen atoms in total. The molecule has 5 heteroatoms. The Bertz CT molecular complexity index is 500. The zero-order valence-electron chi connectivity index (χ0n) is 8.93. The third kappa shape index (κ3) is 1.85. The van der Waals surface area contributed by atoms with Gasteiger partial charge in [0.1, 0.15) is 5.82 Å². The molecule has 0 unspecified atom stereocenters. The van der Waals surface area contributed by atoms with Gasteiger partial charge < -0.3 is 5.73 Å². The van der Waals surface area contributed by atoms with Crippen LogP contribution in [0.4, 0.5) is 4.39 Å². The molecule has 88 valence electrons. The summed E-state index contributed by atoms with van der Waals surface area (Å²) >= 11 is 0. The van der Waals surface area contributed by atoms with Crippen LogP contribution >= 0.6 is 0 Å². The molecule has 0 amide bonds. The number of halogens is 1. The lowest BCUT2D eigenvalue weighted by molar-refractivity contribution is 0.594. The Balaban J connectivity index is 2.27. The highest BCUT2D eigenvalue weighted by molar-refractivity contribution is 7.92. The number of benzene rings is 1. The largest absolute Gasteiger partial charge is 0.326 e. The van der Waals surface area contributed by atoms with Gasteiger partial charge in [-0.3, -0.25) is 0 Å². The van der Waals surface area contributed by atoms with Crippen molar-refractivity contribution in [3.8, 4) is 0 Å². The summed E-state index contributed by atoms with van der Waals surface area (Å²) in [5.41, 5.74) is 6.43. The van der Waals surface area contributed by atoms with Crippen molar-refractivity contribution in [2.24, 2.45) is 5.73 Å². The Kier molecular flexibility index (Phi) is 2.75. The van der Waals surface area contributed by atoms with Crippen LogP contribution in [0.5, 0.6) is 0 Å². The van der Waals surface area contributed by atoms with Crippen molar-refractivity contribution in [3.05, 3.63) is 35.6 Å². The zero-order chi connectivity index (χ0) is 11.9. The van der Waals surface area contributed by atoms with Crippen LogP contribution in [0.3, 0.4) is 0 Å². The molecule has 0 aliphatic heterocycles. The first-order chi connectivity index (χ1) is 7.47. The van der Waals surface area contributed by atoms with Gasteiger partial charge >= 0.3 is 0 Å². The SMILES string of the molecule is CCS(=O)(=O)[C@@H]1[C@H](N)[C@@H]1c1cccc(F)c1. The minimum atomic E-state index is -3.13. The van der Waals surface area contributed by atoms with Crippen LogP contribution in [0.2, 0.25) is 0 Å². The van der Waals surface area contributed by atoms with E-state index in [2.05, 4.69) is 0 Å². The average molecular weight is 243 g/mol. The number of hydrogen-bond donors (Lipinski definition) is 1. The number of rotatable bonds is 3. The van der Waals surface area contributed by atoms with E-state index in [1.54, 1.807) is 19.1 Å². The van der Waals surface area contributed by atoms with Crippen molar-refractivity contribution in [1.82, 2.24) is 0 Å². The minimum absolute atomic E-state index is 0.0805. The molecule has 0 heterocycles. The fraction of sp³-hybridized carbons (Fsp3) is 0.455. The topological polar surface area (TPSA) is 60.2 Å². The van der Waals surface area contributed by atoms with Crippen molar-refractivity contribution in [2.75, 3.05) is 5.75 Å². The second-order valence-corrected chi connectivity index (χ2v) is 6.52. The standard InChI is InChI=1S/C11H14FNO2S/c1-2-16(14,15)11-9(10(11)13)7-4-3-5-8(12)6-7/h3-6,9-11H,2,13H2,1H3/t9-,10+,11-/m0/s1. The second kappa shape index (κ2) is 3.82. The van der Waals surface area contributed by atoms with Gasteiger partial charge in [0.05, 0.1) is 5.25 Å². The van der Waals surface area contributed by atoms with E-state index >= 15 is 0 Å². The molecular weight excluding hydrogens is 229 g/mol. The lowest BCUT2D eigenvalue weighted by atomic mass is 10.1. The van der Waals surface area contributed by atoms with Gasteiger partial charge in [-0.15, -0.1) is 0 Å². The van der Waals surface area contributed by atoms with E-state index in [1.165, 1.54) is 12.1 Å². The lowest BCUT2D eigenvalue weighted by Crippen LogP contribution is -2.17. The molecule has 2 N–H and O–H groups in total. The number of nitrogens with two attached hydrogens (primary N) is 1. The van der Waals surface area contributed by atoms with E-state index in [1.807, 2.05) is 0 Å². The summed E-state index contributed by atoms with van der Waals surface area (Å²) < 4.78 is 36.3. The molecule has 0 bridgehead atoms. The third-order valence-corrected chi connectivity index (χ3v) is 5.30. The van der Waals surface area contributed by atoms with E-state index in [9.17, 15) is 12.8 Å². The minimum Gasteiger partial charge on any atom is -0.326 e. The summed E-state index contributed by atoms with van der Waals surface area (Å²) in [6, 6.07) is 5.59. The van der Waals surface area contributed by atoms with E-state index in [4.69, 9.17) is 5.73 Å². The van der Waals surface area contributed by atoms with Gasteiger partial charge in [0.25, 0.3) is 0 Å². The van der Waals surface area contributed by atoms with Crippen LogP contribution in [-0.4, -0.2) is 25.5 Å². The summed E-state index contributed by atoms with van der Waals surface area (Å²) in [6.07, 6.45) is 0. The van der Waals surface area contributed by atoms with Crippen molar-refractivity contribution >= 4 is 9.84 Å².